The Morgan fingerprint density at radius 1 is 0.962 bits per heavy atom. The van der Waals surface area contributed by atoms with Crippen LogP contribution in [-0.4, -0.2) is 18.9 Å². The molecule has 0 aliphatic rings. The Morgan fingerprint density at radius 2 is 1.65 bits per heavy atom. The SMILES string of the molecule is COc1ccc(/C=C\C(N)=O)cc1COc1ccccc1/C=C\C(N)=O. The number of carbonyl (C=O) groups is 2. The Kier molecular flexibility index (Phi) is 6.56. The molecule has 0 unspecified atom stereocenters. The minimum absolute atomic E-state index is 0.239. The summed E-state index contributed by atoms with van der Waals surface area (Å²) in [5, 5.41) is 0. The van der Waals surface area contributed by atoms with E-state index in [0.717, 1.165) is 16.7 Å². The number of rotatable bonds is 8. The van der Waals surface area contributed by atoms with E-state index in [1.54, 1.807) is 31.4 Å². The molecule has 6 nitrogen and oxygen atoms in total. The standard InChI is InChI=1S/C20H20N2O4/c1-25-17-9-6-14(7-10-19(21)23)12-16(17)13-26-18-5-3-2-4-15(18)8-11-20(22)24/h2-12H,13H2,1H3,(H2,21,23)(H2,22,24)/b10-7-,11-8-. The van der Waals surface area contributed by atoms with Crippen molar-refractivity contribution in [1.82, 2.24) is 0 Å². The lowest BCUT2D eigenvalue weighted by Gasteiger charge is -2.13. The molecule has 0 radical (unpaired) electrons. The van der Waals surface area contributed by atoms with Crippen molar-refractivity contribution >= 4 is 24.0 Å². The van der Waals surface area contributed by atoms with Gasteiger partial charge < -0.3 is 20.9 Å². The van der Waals surface area contributed by atoms with E-state index >= 15 is 0 Å². The second-order valence-corrected chi connectivity index (χ2v) is 5.37. The number of hydrogen-bond acceptors (Lipinski definition) is 4. The smallest absolute Gasteiger partial charge is 0.241 e. The monoisotopic (exact) mass is 352 g/mol. The van der Waals surface area contributed by atoms with E-state index in [0.29, 0.717) is 11.5 Å². The van der Waals surface area contributed by atoms with Crippen molar-refractivity contribution in [2.24, 2.45) is 11.5 Å². The number of para-hydroxylation sites is 1. The van der Waals surface area contributed by atoms with E-state index in [9.17, 15) is 9.59 Å². The summed E-state index contributed by atoms with van der Waals surface area (Å²) in [5.41, 5.74) is 12.6. The first-order chi connectivity index (χ1) is 12.5. The van der Waals surface area contributed by atoms with Crippen LogP contribution in [0.5, 0.6) is 11.5 Å². The summed E-state index contributed by atoms with van der Waals surface area (Å²) >= 11 is 0. The van der Waals surface area contributed by atoms with Crippen LogP contribution in [0.25, 0.3) is 12.2 Å². The molecule has 0 heterocycles. The first kappa shape index (κ1) is 18.8. The number of primary amides is 2. The maximum absolute atomic E-state index is 10.9. The molecule has 0 aliphatic heterocycles. The molecule has 0 spiro atoms. The van der Waals surface area contributed by atoms with Crippen LogP contribution in [-0.2, 0) is 16.2 Å². The van der Waals surface area contributed by atoms with E-state index in [4.69, 9.17) is 20.9 Å². The van der Waals surface area contributed by atoms with Gasteiger partial charge in [-0.3, -0.25) is 9.59 Å². The fraction of sp³-hybridized carbons (Fsp3) is 0.100. The normalized spacial score (nSPS) is 11.0. The van der Waals surface area contributed by atoms with Crippen molar-refractivity contribution < 1.29 is 19.1 Å². The highest BCUT2D eigenvalue weighted by molar-refractivity contribution is 5.91. The Hall–Kier alpha value is -3.54. The Labute approximate surface area is 151 Å². The van der Waals surface area contributed by atoms with Crippen molar-refractivity contribution in [3.8, 4) is 11.5 Å². The van der Waals surface area contributed by atoms with E-state index in [1.165, 1.54) is 12.2 Å². The van der Waals surface area contributed by atoms with Gasteiger partial charge >= 0.3 is 0 Å². The second-order valence-electron chi connectivity index (χ2n) is 5.37. The van der Waals surface area contributed by atoms with E-state index < -0.39 is 11.8 Å². The van der Waals surface area contributed by atoms with Crippen LogP contribution in [0.3, 0.4) is 0 Å². The van der Waals surface area contributed by atoms with Crippen molar-refractivity contribution in [2.45, 2.75) is 6.61 Å². The highest BCUT2D eigenvalue weighted by atomic mass is 16.5. The number of methoxy groups -OCH3 is 1. The van der Waals surface area contributed by atoms with Gasteiger partial charge in [-0.15, -0.1) is 0 Å². The molecule has 6 heteroatoms. The highest BCUT2D eigenvalue weighted by Gasteiger charge is 2.07. The van der Waals surface area contributed by atoms with Crippen LogP contribution in [0.15, 0.2) is 54.6 Å². The van der Waals surface area contributed by atoms with Gasteiger partial charge in [-0.2, -0.15) is 0 Å². The molecule has 2 aromatic carbocycles. The van der Waals surface area contributed by atoms with Crippen LogP contribution >= 0.6 is 0 Å². The molecule has 26 heavy (non-hydrogen) atoms. The molecule has 0 fully saturated rings. The van der Waals surface area contributed by atoms with Crippen molar-refractivity contribution in [3.63, 3.8) is 0 Å². The van der Waals surface area contributed by atoms with Gasteiger partial charge in [-0.25, -0.2) is 0 Å². The maximum Gasteiger partial charge on any atom is 0.241 e. The van der Waals surface area contributed by atoms with Gasteiger partial charge in [0.1, 0.15) is 18.1 Å². The number of benzene rings is 2. The maximum atomic E-state index is 10.9. The predicted molar refractivity (Wildman–Crippen MR) is 100 cm³/mol. The Bertz CT molecular complexity index is 857. The van der Waals surface area contributed by atoms with E-state index in [-0.39, 0.29) is 6.61 Å². The first-order valence-electron chi connectivity index (χ1n) is 7.83. The third-order valence-electron chi connectivity index (χ3n) is 3.47. The van der Waals surface area contributed by atoms with Gasteiger partial charge in [-0.05, 0) is 35.9 Å². The zero-order valence-corrected chi connectivity index (χ0v) is 14.3. The van der Waals surface area contributed by atoms with E-state index in [1.807, 2.05) is 30.3 Å². The molecule has 0 atom stereocenters. The van der Waals surface area contributed by atoms with Crippen LogP contribution in [0.2, 0.25) is 0 Å². The Morgan fingerprint density at radius 3 is 2.35 bits per heavy atom. The minimum Gasteiger partial charge on any atom is -0.496 e. The molecule has 0 aromatic heterocycles. The summed E-state index contributed by atoms with van der Waals surface area (Å²) in [4.78, 5) is 21.8. The van der Waals surface area contributed by atoms with Crippen molar-refractivity contribution in [2.75, 3.05) is 7.11 Å². The lowest BCUT2D eigenvalue weighted by molar-refractivity contribution is -0.114. The van der Waals surface area contributed by atoms with Gasteiger partial charge in [0.05, 0.1) is 7.11 Å². The largest absolute Gasteiger partial charge is 0.496 e. The molecular formula is C20H20N2O4. The molecule has 2 rings (SSSR count). The number of carbonyl (C=O) groups excluding carboxylic acids is 2. The molecule has 0 bridgehead atoms. The van der Waals surface area contributed by atoms with Crippen LogP contribution in [0.4, 0.5) is 0 Å². The Balaban J connectivity index is 2.22. The second kappa shape index (κ2) is 9.08. The number of amides is 2. The molecule has 0 saturated carbocycles. The molecule has 2 aromatic rings. The van der Waals surface area contributed by atoms with Crippen molar-refractivity contribution in [3.05, 3.63) is 71.3 Å². The van der Waals surface area contributed by atoms with Crippen LogP contribution in [0.1, 0.15) is 16.7 Å². The van der Waals surface area contributed by atoms with Gasteiger partial charge in [0.2, 0.25) is 11.8 Å². The zero-order valence-electron chi connectivity index (χ0n) is 14.3. The molecular weight excluding hydrogens is 332 g/mol. The molecule has 2 amide bonds. The molecule has 4 N–H and O–H groups in total. The quantitative estimate of drug-likeness (QED) is 0.711. The summed E-state index contributed by atoms with van der Waals surface area (Å²) < 4.78 is 11.2. The minimum atomic E-state index is -0.532. The summed E-state index contributed by atoms with van der Waals surface area (Å²) in [6.07, 6.45) is 5.78. The first-order valence-corrected chi connectivity index (χ1v) is 7.83. The van der Waals surface area contributed by atoms with Crippen molar-refractivity contribution in [1.29, 1.82) is 0 Å². The lowest BCUT2D eigenvalue weighted by atomic mass is 10.1. The molecule has 0 aliphatic carbocycles. The third kappa shape index (κ3) is 5.52. The summed E-state index contributed by atoms with van der Waals surface area (Å²) in [7, 11) is 1.57. The number of nitrogens with two attached hydrogens (primary N) is 2. The topological polar surface area (TPSA) is 105 Å². The van der Waals surface area contributed by atoms with Gasteiger partial charge in [-0.1, -0.05) is 24.3 Å². The van der Waals surface area contributed by atoms with E-state index in [2.05, 4.69) is 0 Å². The summed E-state index contributed by atoms with van der Waals surface area (Å²) in [5.74, 6) is 0.209. The zero-order chi connectivity index (χ0) is 18.9. The third-order valence-corrected chi connectivity index (χ3v) is 3.47. The lowest BCUT2D eigenvalue weighted by Crippen LogP contribution is -2.05. The summed E-state index contributed by atoms with van der Waals surface area (Å²) in [6.45, 7) is 0.239. The average Bonchev–Trinajstić information content (AvgIpc) is 2.63. The van der Waals surface area contributed by atoms with Crippen LogP contribution in [0, 0.1) is 0 Å². The van der Waals surface area contributed by atoms with Gasteiger partial charge in [0, 0.05) is 23.3 Å². The molecule has 134 valence electrons. The predicted octanol–water partition coefficient (Wildman–Crippen LogP) is 2.27. The fourth-order valence-corrected chi connectivity index (χ4v) is 2.27. The highest BCUT2D eigenvalue weighted by Crippen LogP contribution is 2.25. The van der Waals surface area contributed by atoms with Gasteiger partial charge in [0.25, 0.3) is 0 Å². The van der Waals surface area contributed by atoms with Crippen LogP contribution < -0.4 is 20.9 Å². The summed E-state index contributed by atoms with van der Waals surface area (Å²) in [6, 6.07) is 12.7. The van der Waals surface area contributed by atoms with Gasteiger partial charge in [0.15, 0.2) is 0 Å². The molecule has 0 saturated heterocycles. The fourth-order valence-electron chi connectivity index (χ4n) is 2.27. The number of ether oxygens (including phenoxy) is 2. The number of hydrogen-bond donors (Lipinski definition) is 2. The average molecular weight is 352 g/mol.